The number of ether oxygens (including phenoxy) is 1. The highest BCUT2D eigenvalue weighted by Gasteiger charge is 2.12. The Bertz CT molecular complexity index is 643. The lowest BCUT2D eigenvalue weighted by molar-refractivity contribution is 0.291. The molecule has 1 unspecified atom stereocenters. The Morgan fingerprint density at radius 2 is 1.83 bits per heavy atom. The first-order chi connectivity index (χ1) is 11.0. The van der Waals surface area contributed by atoms with Crippen molar-refractivity contribution in [2.45, 2.75) is 53.0 Å². The molecule has 23 heavy (non-hydrogen) atoms. The molecular formula is C18H26N4O. The average molecular weight is 314 g/mol. The SMILES string of the molecule is CCC(COc1ccccc1C)Nc1nc(C)nc(C(C)C)n1. The van der Waals surface area contributed by atoms with Gasteiger partial charge in [-0.25, -0.2) is 4.98 Å². The molecule has 2 aromatic rings. The van der Waals surface area contributed by atoms with Gasteiger partial charge in [0, 0.05) is 5.92 Å². The van der Waals surface area contributed by atoms with Gasteiger partial charge in [-0.3, -0.25) is 0 Å². The summed E-state index contributed by atoms with van der Waals surface area (Å²) in [5.41, 5.74) is 1.14. The molecule has 0 saturated carbocycles. The standard InChI is InChI=1S/C18H26N4O/c1-6-15(11-23-16-10-8-7-9-13(16)4)21-18-20-14(5)19-17(22-18)12(2)3/h7-10,12,15H,6,11H2,1-5H3,(H,19,20,21,22). The van der Waals surface area contributed by atoms with Gasteiger partial charge in [0.05, 0.1) is 6.04 Å². The van der Waals surface area contributed by atoms with Crippen molar-refractivity contribution in [3.8, 4) is 5.75 Å². The summed E-state index contributed by atoms with van der Waals surface area (Å²) in [6, 6.07) is 8.19. The number of para-hydroxylation sites is 1. The number of aryl methyl sites for hydroxylation is 2. The minimum Gasteiger partial charge on any atom is -0.491 e. The number of rotatable bonds is 7. The first-order valence-electron chi connectivity index (χ1n) is 8.17. The predicted molar refractivity (Wildman–Crippen MR) is 93.0 cm³/mol. The summed E-state index contributed by atoms with van der Waals surface area (Å²) in [7, 11) is 0. The molecule has 124 valence electrons. The maximum atomic E-state index is 5.94. The van der Waals surface area contributed by atoms with Gasteiger partial charge in [-0.1, -0.05) is 39.0 Å². The van der Waals surface area contributed by atoms with Gasteiger partial charge in [0.2, 0.25) is 5.95 Å². The summed E-state index contributed by atoms with van der Waals surface area (Å²) in [4.78, 5) is 13.3. The second-order valence-corrected chi connectivity index (χ2v) is 6.05. The van der Waals surface area contributed by atoms with Crippen LogP contribution in [-0.2, 0) is 0 Å². The monoisotopic (exact) mass is 314 g/mol. The van der Waals surface area contributed by atoms with Crippen molar-refractivity contribution >= 4 is 5.95 Å². The van der Waals surface area contributed by atoms with E-state index in [4.69, 9.17) is 4.74 Å². The molecule has 0 bridgehead atoms. The smallest absolute Gasteiger partial charge is 0.226 e. The van der Waals surface area contributed by atoms with Crippen LogP contribution in [0.15, 0.2) is 24.3 Å². The molecule has 0 aliphatic rings. The molecule has 0 radical (unpaired) electrons. The van der Waals surface area contributed by atoms with Crippen LogP contribution in [-0.4, -0.2) is 27.6 Å². The predicted octanol–water partition coefficient (Wildman–Crippen LogP) is 3.88. The van der Waals surface area contributed by atoms with Crippen LogP contribution in [0.4, 0.5) is 5.95 Å². The minimum absolute atomic E-state index is 0.149. The zero-order valence-electron chi connectivity index (χ0n) is 14.6. The van der Waals surface area contributed by atoms with E-state index in [0.717, 1.165) is 29.4 Å². The van der Waals surface area contributed by atoms with Crippen molar-refractivity contribution in [2.75, 3.05) is 11.9 Å². The summed E-state index contributed by atoms with van der Waals surface area (Å²) in [6.07, 6.45) is 0.924. The third-order valence-corrected chi connectivity index (χ3v) is 3.64. The first-order valence-corrected chi connectivity index (χ1v) is 8.17. The Morgan fingerprint density at radius 1 is 1.09 bits per heavy atom. The van der Waals surface area contributed by atoms with E-state index in [1.807, 2.05) is 38.1 Å². The van der Waals surface area contributed by atoms with Crippen LogP contribution in [0.25, 0.3) is 0 Å². The van der Waals surface area contributed by atoms with E-state index in [2.05, 4.69) is 41.0 Å². The normalized spacial score (nSPS) is 12.3. The summed E-state index contributed by atoms with van der Waals surface area (Å²) >= 11 is 0. The van der Waals surface area contributed by atoms with E-state index in [1.54, 1.807) is 0 Å². The topological polar surface area (TPSA) is 59.9 Å². The van der Waals surface area contributed by atoms with Gasteiger partial charge >= 0.3 is 0 Å². The fourth-order valence-corrected chi connectivity index (χ4v) is 2.18. The van der Waals surface area contributed by atoms with Gasteiger partial charge in [0.25, 0.3) is 0 Å². The van der Waals surface area contributed by atoms with Crippen molar-refractivity contribution in [3.05, 3.63) is 41.5 Å². The fraction of sp³-hybridized carbons (Fsp3) is 0.500. The number of nitrogens with zero attached hydrogens (tertiary/aromatic N) is 3. The minimum atomic E-state index is 0.149. The molecule has 0 saturated heterocycles. The van der Waals surface area contributed by atoms with Gasteiger partial charge in [-0.2, -0.15) is 9.97 Å². The van der Waals surface area contributed by atoms with Gasteiger partial charge in [-0.05, 0) is 31.9 Å². The van der Waals surface area contributed by atoms with Crippen molar-refractivity contribution in [3.63, 3.8) is 0 Å². The molecule has 0 amide bonds. The lowest BCUT2D eigenvalue weighted by Gasteiger charge is -2.19. The third kappa shape index (κ3) is 4.91. The molecule has 1 aromatic carbocycles. The summed E-state index contributed by atoms with van der Waals surface area (Å²) in [6.45, 7) is 10.8. The van der Waals surface area contributed by atoms with Crippen molar-refractivity contribution in [1.82, 2.24) is 15.0 Å². The van der Waals surface area contributed by atoms with Crippen LogP contribution in [0.2, 0.25) is 0 Å². The molecule has 1 aromatic heterocycles. The summed E-state index contributed by atoms with van der Waals surface area (Å²) in [5.74, 6) is 3.37. The number of hydrogen-bond acceptors (Lipinski definition) is 5. The molecule has 1 N–H and O–H groups in total. The largest absolute Gasteiger partial charge is 0.491 e. The second-order valence-electron chi connectivity index (χ2n) is 6.05. The number of nitrogens with one attached hydrogen (secondary N) is 1. The zero-order chi connectivity index (χ0) is 16.8. The molecule has 0 aliphatic carbocycles. The number of benzene rings is 1. The maximum Gasteiger partial charge on any atom is 0.226 e. The molecule has 1 heterocycles. The van der Waals surface area contributed by atoms with Gasteiger partial charge in [0.1, 0.15) is 24.0 Å². The number of aromatic nitrogens is 3. The molecule has 2 rings (SSSR count). The van der Waals surface area contributed by atoms with E-state index in [-0.39, 0.29) is 12.0 Å². The Hall–Kier alpha value is -2.17. The fourth-order valence-electron chi connectivity index (χ4n) is 2.18. The van der Waals surface area contributed by atoms with E-state index in [1.165, 1.54) is 0 Å². The molecule has 0 fully saturated rings. The molecule has 5 heteroatoms. The van der Waals surface area contributed by atoms with Crippen LogP contribution < -0.4 is 10.1 Å². The molecule has 0 aliphatic heterocycles. The van der Waals surface area contributed by atoms with E-state index in [9.17, 15) is 0 Å². The van der Waals surface area contributed by atoms with Crippen LogP contribution in [0.5, 0.6) is 5.75 Å². The molecule has 5 nitrogen and oxygen atoms in total. The van der Waals surface area contributed by atoms with Crippen molar-refractivity contribution in [2.24, 2.45) is 0 Å². The van der Waals surface area contributed by atoms with Crippen LogP contribution in [0.1, 0.15) is 50.3 Å². The van der Waals surface area contributed by atoms with Crippen molar-refractivity contribution in [1.29, 1.82) is 0 Å². The Morgan fingerprint density at radius 3 is 2.48 bits per heavy atom. The maximum absolute atomic E-state index is 5.94. The quantitative estimate of drug-likeness (QED) is 0.840. The van der Waals surface area contributed by atoms with E-state index in [0.29, 0.717) is 12.6 Å². The first kappa shape index (κ1) is 17.2. The molecule has 0 spiro atoms. The highest BCUT2D eigenvalue weighted by Crippen LogP contribution is 2.17. The van der Waals surface area contributed by atoms with Gasteiger partial charge in [-0.15, -0.1) is 0 Å². The third-order valence-electron chi connectivity index (χ3n) is 3.64. The van der Waals surface area contributed by atoms with Gasteiger partial charge in [0.15, 0.2) is 0 Å². The summed E-state index contributed by atoms with van der Waals surface area (Å²) < 4.78 is 5.94. The van der Waals surface area contributed by atoms with E-state index >= 15 is 0 Å². The van der Waals surface area contributed by atoms with Crippen LogP contribution in [0, 0.1) is 13.8 Å². The summed E-state index contributed by atoms with van der Waals surface area (Å²) in [5, 5.41) is 3.37. The zero-order valence-corrected chi connectivity index (χ0v) is 14.6. The van der Waals surface area contributed by atoms with Gasteiger partial charge < -0.3 is 10.1 Å². The Kier molecular flexibility index (Phi) is 5.90. The lowest BCUT2D eigenvalue weighted by atomic mass is 10.2. The Balaban J connectivity index is 2.03. The number of hydrogen-bond donors (Lipinski definition) is 1. The highest BCUT2D eigenvalue weighted by molar-refractivity contribution is 5.32. The van der Waals surface area contributed by atoms with Crippen LogP contribution >= 0.6 is 0 Å². The molecule has 1 atom stereocenters. The second kappa shape index (κ2) is 7.90. The van der Waals surface area contributed by atoms with Crippen LogP contribution in [0.3, 0.4) is 0 Å². The molecular weight excluding hydrogens is 288 g/mol. The average Bonchev–Trinajstić information content (AvgIpc) is 2.52. The van der Waals surface area contributed by atoms with Crippen molar-refractivity contribution < 1.29 is 4.74 Å². The van der Waals surface area contributed by atoms with E-state index < -0.39 is 0 Å². The number of anilines is 1. The lowest BCUT2D eigenvalue weighted by Crippen LogP contribution is -2.28. The highest BCUT2D eigenvalue weighted by atomic mass is 16.5. The Labute approximate surface area is 138 Å².